The fourth-order valence-corrected chi connectivity index (χ4v) is 2.05. The van der Waals surface area contributed by atoms with Gasteiger partial charge >= 0.3 is 5.97 Å². The minimum atomic E-state index is -1.95. The summed E-state index contributed by atoms with van der Waals surface area (Å²) in [6, 6.07) is 0. The number of hydrogen-bond acceptors (Lipinski definition) is 3. The maximum atomic E-state index is 13.7. The van der Waals surface area contributed by atoms with Crippen molar-refractivity contribution in [3.63, 3.8) is 0 Å². The molecule has 0 heterocycles. The fourth-order valence-electron chi connectivity index (χ4n) is 2.05. The minimum Gasteiger partial charge on any atom is -0.462 e. The van der Waals surface area contributed by atoms with Gasteiger partial charge in [0.2, 0.25) is 0 Å². The van der Waals surface area contributed by atoms with Crippen molar-refractivity contribution in [3.05, 3.63) is 39.3 Å². The smallest absolute Gasteiger partial charge is 0.344 e. The highest BCUT2D eigenvalue weighted by Crippen LogP contribution is 2.30. The molecule has 1 aromatic rings. The van der Waals surface area contributed by atoms with Gasteiger partial charge in [-0.3, -0.25) is 0 Å². The van der Waals surface area contributed by atoms with Crippen molar-refractivity contribution in [2.24, 2.45) is 5.11 Å². The van der Waals surface area contributed by atoms with Crippen LogP contribution in [-0.4, -0.2) is 12.6 Å². The van der Waals surface area contributed by atoms with Gasteiger partial charge in [0.1, 0.15) is 11.3 Å². The predicted octanol–water partition coefficient (Wildman–Crippen LogP) is 5.70. The van der Waals surface area contributed by atoms with Crippen LogP contribution in [0, 0.1) is 23.3 Å². The number of carbonyl (C=O) groups is 1. The number of rotatable bonds is 9. The fraction of sp³-hybridized carbons (Fsp3) is 0.533. The van der Waals surface area contributed by atoms with Crippen LogP contribution in [0.5, 0.6) is 0 Å². The molecular formula is C15H17F4N3O2. The van der Waals surface area contributed by atoms with E-state index in [0.29, 0.717) is 6.42 Å². The van der Waals surface area contributed by atoms with E-state index in [2.05, 4.69) is 21.7 Å². The Labute approximate surface area is 136 Å². The van der Waals surface area contributed by atoms with Gasteiger partial charge in [-0.1, -0.05) is 44.1 Å². The van der Waals surface area contributed by atoms with Gasteiger partial charge in [0.25, 0.3) is 0 Å². The molecule has 1 aromatic carbocycles. The molecular weight excluding hydrogens is 330 g/mol. The second kappa shape index (κ2) is 9.77. The van der Waals surface area contributed by atoms with E-state index in [1.54, 1.807) is 0 Å². The molecule has 0 atom stereocenters. The summed E-state index contributed by atoms with van der Waals surface area (Å²) in [6.45, 7) is 1.95. The first-order chi connectivity index (χ1) is 11.5. The molecule has 24 heavy (non-hydrogen) atoms. The molecule has 0 aliphatic rings. The van der Waals surface area contributed by atoms with E-state index in [-0.39, 0.29) is 6.61 Å². The zero-order chi connectivity index (χ0) is 18.1. The molecule has 0 bridgehead atoms. The second-order valence-corrected chi connectivity index (χ2v) is 5.07. The topological polar surface area (TPSA) is 75.1 Å². The van der Waals surface area contributed by atoms with Crippen LogP contribution < -0.4 is 0 Å². The van der Waals surface area contributed by atoms with Crippen LogP contribution in [0.25, 0.3) is 10.4 Å². The molecule has 0 spiro atoms. The molecule has 0 amide bonds. The first-order valence-corrected chi connectivity index (χ1v) is 7.53. The lowest BCUT2D eigenvalue weighted by molar-refractivity contribution is 0.0484. The Morgan fingerprint density at radius 1 is 1.00 bits per heavy atom. The summed E-state index contributed by atoms with van der Waals surface area (Å²) in [7, 11) is 0. The summed E-state index contributed by atoms with van der Waals surface area (Å²) in [5.41, 5.74) is 5.19. The number of esters is 1. The summed E-state index contributed by atoms with van der Waals surface area (Å²) >= 11 is 0. The van der Waals surface area contributed by atoms with Crippen molar-refractivity contribution < 1.29 is 27.1 Å². The van der Waals surface area contributed by atoms with Gasteiger partial charge in [-0.25, -0.2) is 22.4 Å². The Balaban J connectivity index is 2.76. The number of benzene rings is 1. The highest BCUT2D eigenvalue weighted by atomic mass is 19.2. The van der Waals surface area contributed by atoms with E-state index in [1.807, 2.05) is 0 Å². The zero-order valence-corrected chi connectivity index (χ0v) is 13.1. The number of azide groups is 1. The van der Waals surface area contributed by atoms with Crippen molar-refractivity contribution in [2.75, 3.05) is 6.61 Å². The lowest BCUT2D eigenvalue weighted by Crippen LogP contribution is -2.14. The van der Waals surface area contributed by atoms with Gasteiger partial charge in [-0.05, 0) is 12.0 Å². The number of halogens is 4. The number of nitrogens with zero attached hydrogens (tertiary/aromatic N) is 3. The molecule has 0 aliphatic carbocycles. The monoisotopic (exact) mass is 347 g/mol. The largest absolute Gasteiger partial charge is 0.462 e. The third-order valence-corrected chi connectivity index (χ3v) is 3.32. The van der Waals surface area contributed by atoms with Gasteiger partial charge in [-0.2, -0.15) is 0 Å². The first kappa shape index (κ1) is 19.8. The molecule has 1 rings (SSSR count). The van der Waals surface area contributed by atoms with E-state index < -0.39 is 40.5 Å². The van der Waals surface area contributed by atoms with Crippen LogP contribution in [0.3, 0.4) is 0 Å². The van der Waals surface area contributed by atoms with E-state index in [4.69, 9.17) is 5.53 Å². The molecule has 132 valence electrons. The quantitative estimate of drug-likeness (QED) is 0.109. The average molecular weight is 347 g/mol. The molecule has 0 aliphatic heterocycles. The van der Waals surface area contributed by atoms with E-state index >= 15 is 0 Å². The summed E-state index contributed by atoms with van der Waals surface area (Å²) in [6.07, 6.45) is 5.36. The SMILES string of the molecule is CCCCCCCCOC(=O)c1c(F)c(F)c(N=[N+]=[N-])c(F)c1F. The predicted molar refractivity (Wildman–Crippen MR) is 78.7 cm³/mol. The number of unbranched alkanes of at least 4 members (excludes halogenated alkanes) is 5. The Bertz CT molecular complexity index is 617. The van der Waals surface area contributed by atoms with Crippen molar-refractivity contribution >= 4 is 11.7 Å². The van der Waals surface area contributed by atoms with Crippen molar-refractivity contribution in [2.45, 2.75) is 45.4 Å². The lowest BCUT2D eigenvalue weighted by Gasteiger charge is -2.09. The summed E-state index contributed by atoms with van der Waals surface area (Å²) in [5, 5.41) is 2.54. The van der Waals surface area contributed by atoms with Gasteiger partial charge in [-0.15, -0.1) is 0 Å². The lowest BCUT2D eigenvalue weighted by atomic mass is 10.1. The highest BCUT2D eigenvalue weighted by molar-refractivity contribution is 5.90. The molecule has 0 radical (unpaired) electrons. The van der Waals surface area contributed by atoms with E-state index in [1.165, 1.54) is 0 Å². The molecule has 9 heteroatoms. The number of hydrogen-bond donors (Lipinski definition) is 0. The standard InChI is InChI=1S/C15H17F4N3O2/c1-2-3-4-5-6-7-8-24-15(23)9-10(16)12(18)14(21-22-20)13(19)11(9)17/h2-8H2,1H3. The maximum absolute atomic E-state index is 13.7. The van der Waals surface area contributed by atoms with Gasteiger partial charge in [0, 0.05) is 4.91 Å². The summed E-state index contributed by atoms with van der Waals surface area (Å²) < 4.78 is 59.2. The van der Waals surface area contributed by atoms with Crippen LogP contribution >= 0.6 is 0 Å². The Morgan fingerprint density at radius 3 is 2.08 bits per heavy atom. The molecule has 0 aromatic heterocycles. The summed E-state index contributed by atoms with van der Waals surface area (Å²) in [5.74, 6) is -9.31. The van der Waals surface area contributed by atoms with E-state index in [0.717, 1.165) is 32.1 Å². The number of ether oxygens (including phenoxy) is 1. The van der Waals surface area contributed by atoms with E-state index in [9.17, 15) is 22.4 Å². The highest BCUT2D eigenvalue weighted by Gasteiger charge is 2.29. The maximum Gasteiger partial charge on any atom is 0.344 e. The summed E-state index contributed by atoms with van der Waals surface area (Å²) in [4.78, 5) is 13.7. The molecule has 5 nitrogen and oxygen atoms in total. The molecule has 0 N–H and O–H groups in total. The Morgan fingerprint density at radius 2 is 1.54 bits per heavy atom. The molecule has 0 unspecified atom stereocenters. The molecule has 0 saturated heterocycles. The van der Waals surface area contributed by atoms with Gasteiger partial charge in [0.15, 0.2) is 23.3 Å². The van der Waals surface area contributed by atoms with Crippen molar-refractivity contribution in [1.82, 2.24) is 0 Å². The normalized spacial score (nSPS) is 10.4. The van der Waals surface area contributed by atoms with Crippen molar-refractivity contribution in [3.8, 4) is 0 Å². The third-order valence-electron chi connectivity index (χ3n) is 3.32. The van der Waals surface area contributed by atoms with Crippen LogP contribution in [0.1, 0.15) is 55.8 Å². The first-order valence-electron chi connectivity index (χ1n) is 7.53. The Hall–Kier alpha value is -2.28. The van der Waals surface area contributed by atoms with Gasteiger partial charge in [0.05, 0.1) is 6.61 Å². The molecule has 0 fully saturated rings. The van der Waals surface area contributed by atoms with Crippen LogP contribution in [0.2, 0.25) is 0 Å². The van der Waals surface area contributed by atoms with Gasteiger partial charge < -0.3 is 4.74 Å². The minimum absolute atomic E-state index is 0.120. The molecule has 0 saturated carbocycles. The zero-order valence-electron chi connectivity index (χ0n) is 13.1. The van der Waals surface area contributed by atoms with Crippen LogP contribution in [0.4, 0.5) is 23.2 Å². The van der Waals surface area contributed by atoms with Crippen LogP contribution in [-0.2, 0) is 4.74 Å². The van der Waals surface area contributed by atoms with Crippen LogP contribution in [0.15, 0.2) is 5.11 Å². The Kier molecular flexibility index (Phi) is 8.05. The third kappa shape index (κ3) is 4.86. The number of carbonyl (C=O) groups excluding carboxylic acids is 1. The van der Waals surface area contributed by atoms with Crippen molar-refractivity contribution in [1.29, 1.82) is 0 Å². The second-order valence-electron chi connectivity index (χ2n) is 5.07. The average Bonchev–Trinajstić information content (AvgIpc) is 2.56.